The molecule has 0 aliphatic carbocycles. The van der Waals surface area contributed by atoms with Gasteiger partial charge in [-0.05, 0) is 49.2 Å². The summed E-state index contributed by atoms with van der Waals surface area (Å²) in [7, 11) is 3.30. The number of carbonyl (C=O) groups excluding carboxylic acids is 2. The van der Waals surface area contributed by atoms with E-state index in [9.17, 15) is 19.2 Å². The van der Waals surface area contributed by atoms with Crippen molar-refractivity contribution >= 4 is 60.6 Å². The van der Waals surface area contributed by atoms with Crippen molar-refractivity contribution in [3.8, 4) is 23.0 Å². The molecule has 6 rings (SSSR count). The molecule has 0 aliphatic rings. The van der Waals surface area contributed by atoms with Gasteiger partial charge in [0.2, 0.25) is 0 Å². The number of amides is 2. The number of thiophene rings is 2. The predicted molar refractivity (Wildman–Crippen MR) is 162 cm³/mol. The number of rotatable bonds is 5. The summed E-state index contributed by atoms with van der Waals surface area (Å²) in [6.45, 7) is 3.42. The van der Waals surface area contributed by atoms with Crippen molar-refractivity contribution in [1.29, 1.82) is 0 Å². The number of pyridine rings is 2. The SMILES string of the molecule is Cc1c(C(=O)Nc2ccnc(-c3nc(=O)c4c(C)c(C(=O)N(C)C)sc4[nH]3)c2)sc2[nH]c(-c3ccccn3)nc(=O)c12. The smallest absolute Gasteiger partial charge is 0.282 e. The topological polar surface area (TPSA) is 167 Å². The summed E-state index contributed by atoms with van der Waals surface area (Å²) in [5, 5.41) is 3.54. The molecule has 6 heterocycles. The van der Waals surface area contributed by atoms with E-state index in [0.29, 0.717) is 64.2 Å². The molecule has 3 N–H and O–H groups in total. The third-order valence-corrected chi connectivity index (χ3v) is 8.99. The minimum absolute atomic E-state index is 0.200. The molecule has 0 saturated heterocycles. The zero-order valence-corrected chi connectivity index (χ0v) is 24.4. The van der Waals surface area contributed by atoms with Gasteiger partial charge in [-0.25, -0.2) is 0 Å². The van der Waals surface area contributed by atoms with E-state index in [0.717, 1.165) is 11.3 Å². The average Bonchev–Trinajstić information content (AvgIpc) is 3.50. The molecular formula is C28H22N8O4S2. The number of aromatic nitrogens is 6. The lowest BCUT2D eigenvalue weighted by atomic mass is 10.2. The Hall–Kier alpha value is -5.08. The number of H-pyrrole nitrogens is 2. The third-order valence-electron chi connectivity index (χ3n) is 6.59. The minimum Gasteiger partial charge on any atom is -0.344 e. The van der Waals surface area contributed by atoms with Crippen LogP contribution in [0.4, 0.5) is 5.69 Å². The molecule has 0 unspecified atom stereocenters. The van der Waals surface area contributed by atoms with Crippen LogP contribution in [-0.2, 0) is 0 Å². The number of nitrogens with one attached hydrogen (secondary N) is 3. The summed E-state index contributed by atoms with van der Waals surface area (Å²) in [5.74, 6) is -0.105. The van der Waals surface area contributed by atoms with Crippen molar-refractivity contribution in [2.45, 2.75) is 13.8 Å². The van der Waals surface area contributed by atoms with Gasteiger partial charge in [0.15, 0.2) is 11.6 Å². The van der Waals surface area contributed by atoms with Crippen LogP contribution in [-0.4, -0.2) is 60.7 Å². The van der Waals surface area contributed by atoms with Crippen LogP contribution >= 0.6 is 22.7 Å². The highest BCUT2D eigenvalue weighted by Crippen LogP contribution is 2.31. The maximum atomic E-state index is 13.3. The summed E-state index contributed by atoms with van der Waals surface area (Å²) in [6.07, 6.45) is 3.09. The van der Waals surface area contributed by atoms with Crippen LogP contribution in [0, 0.1) is 13.8 Å². The Morgan fingerprint density at radius 3 is 2.02 bits per heavy atom. The first kappa shape index (κ1) is 27.1. The lowest BCUT2D eigenvalue weighted by molar-refractivity contribution is 0.0831. The van der Waals surface area contributed by atoms with Gasteiger partial charge in [0.1, 0.15) is 21.0 Å². The van der Waals surface area contributed by atoms with Crippen LogP contribution < -0.4 is 16.4 Å². The summed E-state index contributed by atoms with van der Waals surface area (Å²) < 4.78 is 0. The maximum Gasteiger partial charge on any atom is 0.282 e. The number of hydrogen-bond donors (Lipinski definition) is 3. The van der Waals surface area contributed by atoms with E-state index >= 15 is 0 Å². The molecule has 6 aromatic heterocycles. The van der Waals surface area contributed by atoms with E-state index in [-0.39, 0.29) is 11.7 Å². The molecule has 42 heavy (non-hydrogen) atoms. The lowest BCUT2D eigenvalue weighted by Crippen LogP contribution is -2.21. The quantitative estimate of drug-likeness (QED) is 0.268. The molecule has 0 aliphatic heterocycles. The van der Waals surface area contributed by atoms with E-state index in [2.05, 4.69) is 35.2 Å². The molecular weight excluding hydrogens is 576 g/mol. The van der Waals surface area contributed by atoms with Gasteiger partial charge in [0.05, 0.1) is 20.5 Å². The second kappa shape index (κ2) is 10.4. The van der Waals surface area contributed by atoms with Crippen LogP contribution in [0.2, 0.25) is 0 Å². The van der Waals surface area contributed by atoms with Crippen molar-refractivity contribution < 1.29 is 9.59 Å². The molecule has 210 valence electrons. The largest absolute Gasteiger partial charge is 0.344 e. The Bertz CT molecular complexity index is 2160. The summed E-state index contributed by atoms with van der Waals surface area (Å²) in [5.41, 5.74) is 1.40. The van der Waals surface area contributed by atoms with Gasteiger partial charge in [-0.15, -0.1) is 22.7 Å². The molecule has 0 spiro atoms. The highest BCUT2D eigenvalue weighted by molar-refractivity contribution is 7.21. The summed E-state index contributed by atoms with van der Waals surface area (Å²) >= 11 is 2.32. The predicted octanol–water partition coefficient (Wildman–Crippen LogP) is 3.98. The molecule has 12 nitrogen and oxygen atoms in total. The van der Waals surface area contributed by atoms with Crippen LogP contribution in [0.3, 0.4) is 0 Å². The first-order valence-electron chi connectivity index (χ1n) is 12.6. The Morgan fingerprint density at radius 1 is 0.810 bits per heavy atom. The second-order valence-electron chi connectivity index (χ2n) is 9.60. The van der Waals surface area contributed by atoms with Gasteiger partial charge >= 0.3 is 0 Å². The van der Waals surface area contributed by atoms with Crippen molar-refractivity contribution in [3.63, 3.8) is 0 Å². The molecule has 0 radical (unpaired) electrons. The number of anilines is 1. The Morgan fingerprint density at radius 2 is 1.40 bits per heavy atom. The van der Waals surface area contributed by atoms with Crippen LogP contribution in [0.1, 0.15) is 30.5 Å². The average molecular weight is 599 g/mol. The zero-order chi connectivity index (χ0) is 29.7. The third kappa shape index (κ3) is 4.65. The Labute approximate surface area is 245 Å². The first-order chi connectivity index (χ1) is 20.1. The molecule has 2 amide bonds. The normalized spacial score (nSPS) is 11.2. The van der Waals surface area contributed by atoms with Gasteiger partial charge in [0, 0.05) is 32.2 Å². The van der Waals surface area contributed by atoms with Gasteiger partial charge < -0.3 is 20.2 Å². The Kier molecular flexibility index (Phi) is 6.71. The number of fused-ring (bicyclic) bond motifs is 2. The van der Waals surface area contributed by atoms with Gasteiger partial charge in [-0.1, -0.05) is 6.07 Å². The lowest BCUT2D eigenvalue weighted by Gasteiger charge is -2.08. The number of nitrogens with zero attached hydrogens (tertiary/aromatic N) is 5. The molecule has 0 fully saturated rings. The number of aryl methyl sites for hydroxylation is 2. The molecule has 6 aromatic rings. The van der Waals surface area contributed by atoms with Gasteiger partial charge in [-0.2, -0.15) is 9.97 Å². The van der Waals surface area contributed by atoms with Crippen molar-refractivity contribution in [2.24, 2.45) is 0 Å². The Balaban J connectivity index is 1.32. The van der Waals surface area contributed by atoms with E-state index in [1.807, 2.05) is 0 Å². The number of carbonyl (C=O) groups is 2. The standard InChI is InChI=1S/C28H22N8O4S2/c1-12-17-23(37)32-21(15-7-5-6-9-29-15)34-26(17)41-19(12)25(39)31-14-8-10-30-16(11-14)22-33-24(38)18-13(2)20(28(40)36(3)4)42-27(18)35-22/h5-11H,1-4H3,(H,30,31,39)(H,32,34,37)(H,33,35,38). The second-order valence-corrected chi connectivity index (χ2v) is 11.6. The minimum atomic E-state index is -0.481. The molecule has 0 bridgehead atoms. The molecule has 0 aromatic carbocycles. The van der Waals surface area contributed by atoms with Crippen molar-refractivity contribution in [2.75, 3.05) is 19.4 Å². The maximum absolute atomic E-state index is 13.3. The van der Waals surface area contributed by atoms with Crippen molar-refractivity contribution in [1.82, 2.24) is 34.8 Å². The number of hydrogen-bond acceptors (Lipinski definition) is 10. The number of aromatic amines is 2. The highest BCUT2D eigenvalue weighted by atomic mass is 32.1. The van der Waals surface area contributed by atoms with E-state index in [4.69, 9.17) is 0 Å². The zero-order valence-electron chi connectivity index (χ0n) is 22.7. The van der Waals surface area contributed by atoms with E-state index < -0.39 is 17.0 Å². The van der Waals surface area contributed by atoms with Gasteiger partial charge in [0.25, 0.3) is 22.9 Å². The summed E-state index contributed by atoms with van der Waals surface area (Å²) in [4.78, 5) is 78.0. The molecule has 14 heteroatoms. The molecule has 0 atom stereocenters. The fraction of sp³-hybridized carbons (Fsp3) is 0.143. The highest BCUT2D eigenvalue weighted by Gasteiger charge is 2.22. The van der Waals surface area contributed by atoms with E-state index in [1.165, 1.54) is 22.4 Å². The fourth-order valence-electron chi connectivity index (χ4n) is 4.50. The summed E-state index contributed by atoms with van der Waals surface area (Å²) in [6, 6.07) is 8.49. The van der Waals surface area contributed by atoms with Crippen LogP contribution in [0.25, 0.3) is 43.5 Å². The first-order valence-corrected chi connectivity index (χ1v) is 14.2. The van der Waals surface area contributed by atoms with Crippen LogP contribution in [0.5, 0.6) is 0 Å². The molecule has 0 saturated carbocycles. The monoisotopic (exact) mass is 598 g/mol. The van der Waals surface area contributed by atoms with E-state index in [1.54, 1.807) is 64.5 Å². The fourth-order valence-corrected chi connectivity index (χ4v) is 6.81. The van der Waals surface area contributed by atoms with Gasteiger partial charge in [-0.3, -0.25) is 29.1 Å². The van der Waals surface area contributed by atoms with Crippen LogP contribution in [0.15, 0.2) is 52.3 Å². The van der Waals surface area contributed by atoms with Crippen molar-refractivity contribution in [3.05, 3.63) is 84.3 Å².